The van der Waals surface area contributed by atoms with Crippen LogP contribution in [-0.4, -0.2) is 64.2 Å². The number of nitrogens with one attached hydrogen (secondary N) is 1. The van der Waals surface area contributed by atoms with Gasteiger partial charge in [-0.2, -0.15) is 0 Å². The number of rotatable bonds is 6. The average Bonchev–Trinajstić information content (AvgIpc) is 2.92. The van der Waals surface area contributed by atoms with E-state index in [0.717, 1.165) is 5.56 Å². The molecule has 0 aromatic heterocycles. The topological polar surface area (TPSA) is 105 Å². The van der Waals surface area contributed by atoms with Crippen molar-refractivity contribution in [2.75, 3.05) is 14.2 Å². The fraction of sp³-hybridized carbons (Fsp3) is 0.421. The van der Waals surface area contributed by atoms with Crippen molar-refractivity contribution in [3.8, 4) is 11.5 Å². The number of carboxylic acid groups (broad SMARTS) is 1. The van der Waals surface area contributed by atoms with Gasteiger partial charge in [0.2, 0.25) is 11.8 Å². The number of β-lactam (4-membered cyclic amide) rings is 1. The molecule has 0 bridgehead atoms. The third-order valence-corrected chi connectivity index (χ3v) is 6.38. The van der Waals surface area contributed by atoms with E-state index in [1.165, 1.54) is 37.0 Å². The van der Waals surface area contributed by atoms with Gasteiger partial charge in [0.05, 0.1) is 14.2 Å². The molecule has 1 aromatic rings. The Bertz CT molecular complexity index is 853. The molecule has 8 nitrogen and oxygen atoms in total. The number of amides is 2. The van der Waals surface area contributed by atoms with Crippen LogP contribution in [0.1, 0.15) is 19.4 Å². The van der Waals surface area contributed by atoms with Crippen molar-refractivity contribution in [2.45, 2.75) is 36.1 Å². The Kier molecular flexibility index (Phi) is 5.29. The van der Waals surface area contributed by atoms with Crippen LogP contribution in [0.2, 0.25) is 0 Å². The number of ether oxygens (including phenoxy) is 2. The zero-order chi connectivity index (χ0) is 20.6. The Hall–Kier alpha value is -2.68. The summed E-state index contributed by atoms with van der Waals surface area (Å²) < 4.78 is 9.77. The molecule has 2 saturated heterocycles. The van der Waals surface area contributed by atoms with Gasteiger partial charge in [0.15, 0.2) is 11.5 Å². The summed E-state index contributed by atoms with van der Waals surface area (Å²) in [5, 5.41) is 11.7. The van der Waals surface area contributed by atoms with Gasteiger partial charge in [-0.3, -0.25) is 9.59 Å². The second-order valence-electron chi connectivity index (χ2n) is 7.03. The highest BCUT2D eigenvalue weighted by Crippen LogP contribution is 2.50. The van der Waals surface area contributed by atoms with Gasteiger partial charge in [-0.1, -0.05) is 6.07 Å². The van der Waals surface area contributed by atoms with Gasteiger partial charge in [0.1, 0.15) is 17.5 Å². The van der Waals surface area contributed by atoms with E-state index in [2.05, 4.69) is 5.32 Å². The molecule has 3 rings (SSSR count). The number of carbonyl (C=O) groups excluding carboxylic acids is 2. The molecule has 3 atom stereocenters. The van der Waals surface area contributed by atoms with Gasteiger partial charge in [-0.25, -0.2) is 4.79 Å². The predicted octanol–water partition coefficient (Wildman–Crippen LogP) is 1.35. The van der Waals surface area contributed by atoms with E-state index in [-0.39, 0.29) is 11.3 Å². The summed E-state index contributed by atoms with van der Waals surface area (Å²) in [6.07, 6.45) is 2.93. The molecule has 0 radical (unpaired) electrons. The number of aliphatic carboxylic acids is 1. The van der Waals surface area contributed by atoms with Gasteiger partial charge < -0.3 is 24.8 Å². The Balaban J connectivity index is 1.66. The minimum absolute atomic E-state index is 0.372. The van der Waals surface area contributed by atoms with Crippen molar-refractivity contribution in [3.63, 3.8) is 0 Å². The molecule has 2 aliphatic rings. The molecule has 0 saturated carbocycles. The van der Waals surface area contributed by atoms with E-state index < -0.39 is 28.7 Å². The third kappa shape index (κ3) is 3.42. The highest BCUT2D eigenvalue weighted by molar-refractivity contribution is 8.01. The molecule has 9 heteroatoms. The van der Waals surface area contributed by atoms with E-state index in [0.29, 0.717) is 11.5 Å². The molecule has 2 N–H and O–H groups in total. The van der Waals surface area contributed by atoms with Crippen LogP contribution >= 0.6 is 11.8 Å². The van der Waals surface area contributed by atoms with E-state index in [1.54, 1.807) is 38.1 Å². The lowest BCUT2D eigenvalue weighted by atomic mass is 9.96. The van der Waals surface area contributed by atoms with E-state index >= 15 is 0 Å². The number of methoxy groups -OCH3 is 2. The maximum absolute atomic E-state index is 12.4. The number of carbonyl (C=O) groups is 3. The lowest BCUT2D eigenvalue weighted by Gasteiger charge is -2.43. The number of carboxylic acids is 1. The van der Waals surface area contributed by atoms with Gasteiger partial charge in [-0.05, 0) is 37.6 Å². The summed E-state index contributed by atoms with van der Waals surface area (Å²) >= 11 is 1.39. The minimum atomic E-state index is -1.04. The summed E-state index contributed by atoms with van der Waals surface area (Å²) in [6, 6.07) is 3.61. The largest absolute Gasteiger partial charge is 0.493 e. The van der Waals surface area contributed by atoms with Crippen molar-refractivity contribution in [1.82, 2.24) is 10.2 Å². The van der Waals surface area contributed by atoms with Crippen LogP contribution in [-0.2, 0) is 14.4 Å². The Morgan fingerprint density at radius 2 is 1.93 bits per heavy atom. The highest BCUT2D eigenvalue weighted by atomic mass is 32.2. The Morgan fingerprint density at radius 3 is 2.54 bits per heavy atom. The third-order valence-electron chi connectivity index (χ3n) is 4.81. The number of hydrogen-bond donors (Lipinski definition) is 2. The highest BCUT2D eigenvalue weighted by Gasteiger charge is 2.64. The first kappa shape index (κ1) is 20.1. The number of thioether (sulfide) groups is 1. The van der Waals surface area contributed by atoms with Gasteiger partial charge in [-0.15, -0.1) is 11.8 Å². The van der Waals surface area contributed by atoms with E-state index in [4.69, 9.17) is 9.47 Å². The predicted molar refractivity (Wildman–Crippen MR) is 104 cm³/mol. The van der Waals surface area contributed by atoms with Crippen molar-refractivity contribution in [1.29, 1.82) is 0 Å². The van der Waals surface area contributed by atoms with Crippen molar-refractivity contribution < 1.29 is 29.0 Å². The lowest BCUT2D eigenvalue weighted by Crippen LogP contribution is -2.70. The number of nitrogens with zero attached hydrogens (tertiary/aromatic N) is 1. The second-order valence-corrected chi connectivity index (χ2v) is 8.80. The van der Waals surface area contributed by atoms with E-state index in [9.17, 15) is 19.5 Å². The maximum atomic E-state index is 12.4. The maximum Gasteiger partial charge on any atom is 0.327 e. The lowest BCUT2D eigenvalue weighted by molar-refractivity contribution is -0.160. The van der Waals surface area contributed by atoms with Crippen LogP contribution < -0.4 is 14.8 Å². The molecular formula is C19H22N2O6S. The van der Waals surface area contributed by atoms with Crippen molar-refractivity contribution >= 4 is 35.6 Å². The van der Waals surface area contributed by atoms with Crippen molar-refractivity contribution in [3.05, 3.63) is 29.8 Å². The molecule has 2 amide bonds. The fourth-order valence-corrected chi connectivity index (χ4v) is 5.10. The molecule has 0 aliphatic carbocycles. The minimum Gasteiger partial charge on any atom is -0.493 e. The fourth-order valence-electron chi connectivity index (χ4n) is 3.48. The Labute approximate surface area is 166 Å². The molecule has 150 valence electrons. The average molecular weight is 406 g/mol. The monoisotopic (exact) mass is 406 g/mol. The van der Waals surface area contributed by atoms with Gasteiger partial charge in [0, 0.05) is 10.8 Å². The molecule has 2 heterocycles. The van der Waals surface area contributed by atoms with Crippen LogP contribution in [0.15, 0.2) is 24.3 Å². The quantitative estimate of drug-likeness (QED) is 0.543. The molecule has 28 heavy (non-hydrogen) atoms. The first-order valence-corrected chi connectivity index (χ1v) is 9.51. The summed E-state index contributed by atoms with van der Waals surface area (Å²) in [6.45, 7) is 3.58. The van der Waals surface area contributed by atoms with Crippen molar-refractivity contribution in [2.24, 2.45) is 0 Å². The molecule has 2 aliphatic heterocycles. The van der Waals surface area contributed by atoms with Crippen LogP contribution in [0.3, 0.4) is 0 Å². The zero-order valence-electron chi connectivity index (χ0n) is 16.0. The molecule has 1 aromatic carbocycles. The summed E-state index contributed by atoms with van der Waals surface area (Å²) in [4.78, 5) is 37.5. The standard InChI is InChI=1S/C19H22N2O6S/c1-19(2)15(18(24)25)21-16(23)14(17(21)28-19)20-13(22)8-6-10-5-7-11(26-3)12(9-10)27-4/h5-9,14-15,17H,1-4H3,(H,20,22)(H,24,25)/b8-6+/t14-,15+,17-/m1/s1. The molecule has 0 spiro atoms. The van der Waals surface area contributed by atoms with Crippen LogP contribution in [0.25, 0.3) is 6.08 Å². The number of fused-ring (bicyclic) bond motifs is 1. The smallest absolute Gasteiger partial charge is 0.327 e. The second kappa shape index (κ2) is 7.38. The molecule has 0 unspecified atom stereocenters. The summed E-state index contributed by atoms with van der Waals surface area (Å²) in [7, 11) is 3.06. The SMILES string of the molecule is COc1ccc(/C=C/C(=O)N[C@@H]2C(=O)N3[C@@H]2SC(C)(C)[C@@H]3C(=O)O)cc1OC. The van der Waals surface area contributed by atoms with Crippen LogP contribution in [0.5, 0.6) is 11.5 Å². The normalized spacial score (nSPS) is 25.2. The van der Waals surface area contributed by atoms with Crippen LogP contribution in [0.4, 0.5) is 0 Å². The number of hydrogen-bond acceptors (Lipinski definition) is 6. The zero-order valence-corrected chi connectivity index (χ0v) is 16.8. The number of benzene rings is 1. The van der Waals surface area contributed by atoms with E-state index in [1.807, 2.05) is 0 Å². The molecule has 2 fully saturated rings. The first-order valence-electron chi connectivity index (χ1n) is 8.63. The summed E-state index contributed by atoms with van der Waals surface area (Å²) in [5.74, 6) is -0.711. The first-order chi connectivity index (χ1) is 13.2. The van der Waals surface area contributed by atoms with Crippen LogP contribution in [0, 0.1) is 0 Å². The summed E-state index contributed by atoms with van der Waals surface area (Å²) in [5.41, 5.74) is 0.733. The Morgan fingerprint density at radius 1 is 1.25 bits per heavy atom. The van der Waals surface area contributed by atoms with Gasteiger partial charge >= 0.3 is 5.97 Å². The molecular weight excluding hydrogens is 384 g/mol. The van der Waals surface area contributed by atoms with Gasteiger partial charge in [0.25, 0.3) is 0 Å².